The molecule has 3 N–H and O–H groups in total. The van der Waals surface area contributed by atoms with Gasteiger partial charge in [-0.15, -0.1) is 0 Å². The maximum atomic E-state index is 13.6. The van der Waals surface area contributed by atoms with Crippen molar-refractivity contribution in [3.8, 4) is 0 Å². The van der Waals surface area contributed by atoms with Crippen LogP contribution in [-0.2, 0) is 0 Å². The normalized spacial score (nSPS) is 17.7. The molecule has 0 aliphatic heterocycles. The Morgan fingerprint density at radius 3 is 2.44 bits per heavy atom. The minimum absolute atomic E-state index is 0.0327. The highest BCUT2D eigenvalue weighted by Crippen LogP contribution is 2.34. The molecular formula is C14H15F2NO. The number of hydrogen-bond donors (Lipinski definition) is 2. The quantitative estimate of drug-likeness (QED) is 0.867. The van der Waals surface area contributed by atoms with E-state index in [1.807, 2.05) is 0 Å². The summed E-state index contributed by atoms with van der Waals surface area (Å²) in [6, 6.07) is 6.14. The summed E-state index contributed by atoms with van der Waals surface area (Å²) in [5.74, 6) is -0.938. The molecule has 0 saturated carbocycles. The highest BCUT2D eigenvalue weighted by Gasteiger charge is 2.18. The summed E-state index contributed by atoms with van der Waals surface area (Å²) in [6.07, 6.45) is 2.03. The van der Waals surface area contributed by atoms with E-state index in [-0.39, 0.29) is 18.6 Å². The SMILES string of the molecule is NC(CO)c1ccc(C2=C(F)CCC=C2F)cc1. The zero-order valence-corrected chi connectivity index (χ0v) is 9.87. The summed E-state index contributed by atoms with van der Waals surface area (Å²) in [5, 5.41) is 8.93. The Balaban J connectivity index is 2.32. The molecule has 1 aliphatic rings. The van der Waals surface area contributed by atoms with Gasteiger partial charge in [-0.3, -0.25) is 0 Å². The molecular weight excluding hydrogens is 236 g/mol. The van der Waals surface area contributed by atoms with Crippen molar-refractivity contribution in [3.63, 3.8) is 0 Å². The lowest BCUT2D eigenvalue weighted by Gasteiger charge is -2.14. The third-order valence-electron chi connectivity index (χ3n) is 3.02. The fourth-order valence-corrected chi connectivity index (χ4v) is 1.98. The molecule has 1 atom stereocenters. The Kier molecular flexibility index (Phi) is 3.89. The van der Waals surface area contributed by atoms with Gasteiger partial charge in [0, 0.05) is 12.0 Å². The highest BCUT2D eigenvalue weighted by atomic mass is 19.1. The third-order valence-corrected chi connectivity index (χ3v) is 3.02. The lowest BCUT2D eigenvalue weighted by atomic mass is 9.95. The standard InChI is InChI=1S/C14H15F2NO/c15-11-2-1-3-12(16)14(11)10-6-4-9(5-7-10)13(17)8-18/h2,4-7,13,18H,1,3,8,17H2. The maximum Gasteiger partial charge on any atom is 0.129 e. The Labute approximate surface area is 104 Å². The van der Waals surface area contributed by atoms with Gasteiger partial charge in [0.15, 0.2) is 0 Å². The zero-order valence-electron chi connectivity index (χ0n) is 9.87. The van der Waals surface area contributed by atoms with Gasteiger partial charge in [0.1, 0.15) is 11.7 Å². The Morgan fingerprint density at radius 2 is 1.89 bits per heavy atom. The van der Waals surface area contributed by atoms with E-state index in [2.05, 4.69) is 0 Å². The van der Waals surface area contributed by atoms with Gasteiger partial charge in [-0.05, 0) is 23.6 Å². The minimum Gasteiger partial charge on any atom is -0.394 e. The molecule has 96 valence electrons. The Bertz CT molecular complexity index is 491. The average molecular weight is 251 g/mol. The second-order valence-corrected chi connectivity index (χ2v) is 4.28. The molecule has 4 heteroatoms. The van der Waals surface area contributed by atoms with Gasteiger partial charge in [0.25, 0.3) is 0 Å². The first-order valence-electron chi connectivity index (χ1n) is 5.85. The van der Waals surface area contributed by atoms with Crippen LogP contribution >= 0.6 is 0 Å². The zero-order chi connectivity index (χ0) is 13.1. The van der Waals surface area contributed by atoms with Crippen molar-refractivity contribution < 1.29 is 13.9 Å². The first-order chi connectivity index (χ1) is 8.63. The van der Waals surface area contributed by atoms with Crippen LogP contribution in [0.25, 0.3) is 5.57 Å². The second kappa shape index (κ2) is 5.42. The summed E-state index contributed by atoms with van der Waals surface area (Å²) >= 11 is 0. The van der Waals surface area contributed by atoms with Crippen molar-refractivity contribution in [1.29, 1.82) is 0 Å². The molecule has 0 amide bonds. The number of hydrogen-bond acceptors (Lipinski definition) is 2. The predicted molar refractivity (Wildman–Crippen MR) is 66.9 cm³/mol. The van der Waals surface area contributed by atoms with Crippen LogP contribution in [0.1, 0.15) is 30.0 Å². The van der Waals surface area contributed by atoms with Crippen LogP contribution in [0.3, 0.4) is 0 Å². The van der Waals surface area contributed by atoms with E-state index in [9.17, 15) is 8.78 Å². The van der Waals surface area contributed by atoms with Gasteiger partial charge in [-0.25, -0.2) is 8.78 Å². The number of allylic oxidation sites excluding steroid dienone is 4. The smallest absolute Gasteiger partial charge is 0.129 e. The molecule has 1 aliphatic carbocycles. The largest absolute Gasteiger partial charge is 0.394 e. The summed E-state index contributed by atoms with van der Waals surface area (Å²) < 4.78 is 27.3. The van der Waals surface area contributed by atoms with Crippen molar-refractivity contribution in [3.05, 3.63) is 53.1 Å². The van der Waals surface area contributed by atoms with Crippen molar-refractivity contribution in [1.82, 2.24) is 0 Å². The summed E-state index contributed by atoms with van der Waals surface area (Å²) in [6.45, 7) is -0.162. The molecule has 1 aromatic carbocycles. The van der Waals surface area contributed by atoms with Crippen LogP contribution in [0.15, 0.2) is 42.0 Å². The predicted octanol–water partition coefficient (Wildman–Crippen LogP) is 3.01. The van der Waals surface area contributed by atoms with Crippen molar-refractivity contribution in [2.75, 3.05) is 6.61 Å². The minimum atomic E-state index is -0.516. The van der Waals surface area contributed by atoms with Gasteiger partial charge in [0.05, 0.1) is 12.6 Å². The number of benzene rings is 1. The Morgan fingerprint density at radius 1 is 1.22 bits per heavy atom. The van der Waals surface area contributed by atoms with E-state index in [4.69, 9.17) is 10.8 Å². The van der Waals surface area contributed by atoms with E-state index in [0.717, 1.165) is 5.56 Å². The van der Waals surface area contributed by atoms with Gasteiger partial charge in [-0.1, -0.05) is 24.3 Å². The van der Waals surface area contributed by atoms with Gasteiger partial charge in [0.2, 0.25) is 0 Å². The molecule has 0 bridgehead atoms. The Hall–Kier alpha value is -1.52. The molecule has 1 unspecified atom stereocenters. The van der Waals surface area contributed by atoms with Crippen LogP contribution in [0.5, 0.6) is 0 Å². The molecule has 0 aromatic heterocycles. The van der Waals surface area contributed by atoms with E-state index < -0.39 is 17.7 Å². The number of halogens is 2. The second-order valence-electron chi connectivity index (χ2n) is 4.28. The summed E-state index contributed by atoms with van der Waals surface area (Å²) in [4.78, 5) is 0. The average Bonchev–Trinajstić information content (AvgIpc) is 2.38. The van der Waals surface area contributed by atoms with Crippen LogP contribution in [-0.4, -0.2) is 11.7 Å². The van der Waals surface area contributed by atoms with Gasteiger partial charge in [-0.2, -0.15) is 0 Å². The van der Waals surface area contributed by atoms with Crippen molar-refractivity contribution in [2.45, 2.75) is 18.9 Å². The molecule has 18 heavy (non-hydrogen) atoms. The van der Waals surface area contributed by atoms with Gasteiger partial charge < -0.3 is 10.8 Å². The molecule has 2 nitrogen and oxygen atoms in total. The van der Waals surface area contributed by atoms with Crippen molar-refractivity contribution >= 4 is 5.57 Å². The molecule has 0 spiro atoms. The fourth-order valence-electron chi connectivity index (χ4n) is 1.98. The summed E-state index contributed by atoms with van der Waals surface area (Å²) in [7, 11) is 0. The highest BCUT2D eigenvalue weighted by molar-refractivity contribution is 5.79. The maximum absolute atomic E-state index is 13.6. The lowest BCUT2D eigenvalue weighted by molar-refractivity contribution is 0.268. The first kappa shape index (κ1) is 12.9. The third kappa shape index (κ3) is 2.49. The number of aliphatic hydroxyl groups excluding tert-OH is 1. The molecule has 0 saturated heterocycles. The first-order valence-corrected chi connectivity index (χ1v) is 5.85. The van der Waals surface area contributed by atoms with E-state index >= 15 is 0 Å². The van der Waals surface area contributed by atoms with E-state index in [0.29, 0.717) is 12.0 Å². The van der Waals surface area contributed by atoms with Crippen LogP contribution in [0.4, 0.5) is 8.78 Å². The van der Waals surface area contributed by atoms with Crippen LogP contribution < -0.4 is 5.73 Å². The van der Waals surface area contributed by atoms with Crippen LogP contribution in [0, 0.1) is 0 Å². The number of nitrogens with two attached hydrogens (primary N) is 1. The monoisotopic (exact) mass is 251 g/mol. The molecule has 0 fully saturated rings. The number of aliphatic hydroxyl groups is 1. The number of rotatable bonds is 3. The lowest BCUT2D eigenvalue weighted by Crippen LogP contribution is -2.14. The molecule has 2 rings (SSSR count). The van der Waals surface area contributed by atoms with Crippen LogP contribution in [0.2, 0.25) is 0 Å². The topological polar surface area (TPSA) is 46.2 Å². The van der Waals surface area contributed by atoms with Crippen molar-refractivity contribution in [2.24, 2.45) is 5.73 Å². The molecule has 1 aromatic rings. The van der Waals surface area contributed by atoms with E-state index in [1.54, 1.807) is 24.3 Å². The summed E-state index contributed by atoms with van der Waals surface area (Å²) in [5.41, 5.74) is 6.92. The van der Waals surface area contributed by atoms with Gasteiger partial charge >= 0.3 is 0 Å². The van der Waals surface area contributed by atoms with E-state index in [1.165, 1.54) is 6.08 Å². The molecule has 0 heterocycles. The molecule has 0 radical (unpaired) electrons. The fraction of sp³-hybridized carbons (Fsp3) is 0.286.